The number of hydrogen-bond acceptors (Lipinski definition) is 3. The lowest BCUT2D eigenvalue weighted by Crippen LogP contribution is -2.13. The second-order valence-corrected chi connectivity index (χ2v) is 5.97. The molecule has 0 aliphatic heterocycles. The molecule has 3 rings (SSSR count). The molecule has 2 N–H and O–H groups in total. The molecule has 0 fully saturated rings. The van der Waals surface area contributed by atoms with Gasteiger partial charge in [-0.1, -0.05) is 66.7 Å². The van der Waals surface area contributed by atoms with E-state index in [4.69, 9.17) is 15.2 Å². The van der Waals surface area contributed by atoms with Gasteiger partial charge in [-0.15, -0.1) is 0 Å². The highest BCUT2D eigenvalue weighted by Crippen LogP contribution is 2.30. The molecule has 0 unspecified atom stereocenters. The molecular weight excluding hydrogens is 326 g/mol. The first kappa shape index (κ1) is 17.5. The molecule has 0 heterocycles. The number of amides is 1. The Labute approximate surface area is 153 Å². The van der Waals surface area contributed by atoms with E-state index in [9.17, 15) is 4.79 Å². The van der Waals surface area contributed by atoms with Crippen LogP contribution in [0.4, 0.5) is 0 Å². The number of carbonyl (C=O) groups is 1. The maximum atomic E-state index is 11.2. The van der Waals surface area contributed by atoms with Crippen LogP contribution in [-0.4, -0.2) is 5.91 Å². The van der Waals surface area contributed by atoms with Gasteiger partial charge >= 0.3 is 0 Å². The van der Waals surface area contributed by atoms with Crippen LogP contribution in [0, 0.1) is 0 Å². The summed E-state index contributed by atoms with van der Waals surface area (Å²) in [7, 11) is 0. The minimum Gasteiger partial charge on any atom is -0.485 e. The van der Waals surface area contributed by atoms with Gasteiger partial charge in [0.2, 0.25) is 5.91 Å². The fourth-order valence-electron chi connectivity index (χ4n) is 2.57. The predicted molar refractivity (Wildman–Crippen MR) is 101 cm³/mol. The number of rotatable bonds is 8. The van der Waals surface area contributed by atoms with Crippen LogP contribution in [0.15, 0.2) is 78.9 Å². The second-order valence-electron chi connectivity index (χ2n) is 5.97. The lowest BCUT2D eigenvalue weighted by molar-refractivity contribution is -0.117. The third kappa shape index (κ3) is 5.11. The van der Waals surface area contributed by atoms with Crippen LogP contribution < -0.4 is 15.2 Å². The van der Waals surface area contributed by atoms with E-state index in [0.29, 0.717) is 24.7 Å². The molecule has 0 saturated carbocycles. The van der Waals surface area contributed by atoms with Gasteiger partial charge in [0.1, 0.15) is 13.2 Å². The number of carbonyl (C=O) groups excluding carboxylic acids is 1. The van der Waals surface area contributed by atoms with Crippen molar-refractivity contribution >= 4 is 5.91 Å². The first-order valence-electron chi connectivity index (χ1n) is 8.45. The summed E-state index contributed by atoms with van der Waals surface area (Å²) in [6.07, 6.45) is 0.167. The van der Waals surface area contributed by atoms with Gasteiger partial charge < -0.3 is 15.2 Å². The molecule has 0 spiro atoms. The normalized spacial score (nSPS) is 10.3. The lowest BCUT2D eigenvalue weighted by Gasteiger charge is -2.14. The van der Waals surface area contributed by atoms with E-state index in [1.54, 1.807) is 0 Å². The van der Waals surface area contributed by atoms with Gasteiger partial charge in [-0.2, -0.15) is 0 Å². The number of primary amides is 1. The van der Waals surface area contributed by atoms with Crippen molar-refractivity contribution in [3.05, 3.63) is 95.6 Å². The van der Waals surface area contributed by atoms with E-state index < -0.39 is 0 Å². The monoisotopic (exact) mass is 347 g/mol. The van der Waals surface area contributed by atoms with Crippen molar-refractivity contribution in [2.45, 2.75) is 19.6 Å². The molecule has 0 atom stereocenters. The zero-order valence-corrected chi connectivity index (χ0v) is 14.4. The summed E-state index contributed by atoms with van der Waals surface area (Å²) in [4.78, 5) is 11.2. The molecule has 0 aliphatic carbocycles. The molecule has 0 aliphatic rings. The fraction of sp³-hybridized carbons (Fsp3) is 0.136. The summed E-state index contributed by atoms with van der Waals surface area (Å²) in [6, 6.07) is 25.3. The van der Waals surface area contributed by atoms with Crippen LogP contribution in [0.3, 0.4) is 0 Å². The molecular formula is C22H21NO3. The Morgan fingerprint density at radius 2 is 1.23 bits per heavy atom. The summed E-state index contributed by atoms with van der Waals surface area (Å²) >= 11 is 0. The largest absolute Gasteiger partial charge is 0.485 e. The minimum absolute atomic E-state index is 0.167. The topological polar surface area (TPSA) is 61.6 Å². The van der Waals surface area contributed by atoms with Gasteiger partial charge in [0.15, 0.2) is 11.5 Å². The summed E-state index contributed by atoms with van der Waals surface area (Å²) in [5, 5.41) is 0. The number of ether oxygens (including phenoxy) is 2. The average Bonchev–Trinajstić information content (AvgIpc) is 2.67. The SMILES string of the molecule is NC(=O)Cc1ccc(OCc2ccccc2)c(OCc2ccccc2)c1. The zero-order valence-electron chi connectivity index (χ0n) is 14.4. The van der Waals surface area contributed by atoms with Gasteiger partial charge in [-0.3, -0.25) is 4.79 Å². The Morgan fingerprint density at radius 1 is 0.692 bits per heavy atom. The van der Waals surface area contributed by atoms with Gasteiger partial charge in [-0.25, -0.2) is 0 Å². The molecule has 4 heteroatoms. The van der Waals surface area contributed by atoms with Gasteiger partial charge in [0.05, 0.1) is 6.42 Å². The number of nitrogens with two attached hydrogens (primary N) is 1. The molecule has 0 radical (unpaired) electrons. The summed E-state index contributed by atoms with van der Waals surface area (Å²) in [5.41, 5.74) is 8.23. The third-order valence-corrected chi connectivity index (χ3v) is 3.86. The third-order valence-electron chi connectivity index (χ3n) is 3.86. The molecule has 26 heavy (non-hydrogen) atoms. The van der Waals surface area contributed by atoms with Crippen LogP contribution in [0.2, 0.25) is 0 Å². The zero-order chi connectivity index (χ0) is 18.2. The smallest absolute Gasteiger partial charge is 0.221 e. The first-order valence-corrected chi connectivity index (χ1v) is 8.45. The maximum Gasteiger partial charge on any atom is 0.221 e. The molecule has 0 aromatic heterocycles. The average molecular weight is 347 g/mol. The van der Waals surface area contributed by atoms with Crippen molar-refractivity contribution in [3.8, 4) is 11.5 Å². The number of hydrogen-bond donors (Lipinski definition) is 1. The summed E-state index contributed by atoms with van der Waals surface area (Å²) < 4.78 is 11.9. The highest BCUT2D eigenvalue weighted by atomic mass is 16.5. The van der Waals surface area contributed by atoms with Crippen molar-refractivity contribution in [2.75, 3.05) is 0 Å². The van der Waals surface area contributed by atoms with Crippen LogP contribution in [0.5, 0.6) is 11.5 Å². The Morgan fingerprint density at radius 3 is 1.77 bits per heavy atom. The summed E-state index contributed by atoms with van der Waals surface area (Å²) in [5.74, 6) is 0.860. The van der Waals surface area contributed by atoms with Crippen molar-refractivity contribution in [1.29, 1.82) is 0 Å². The molecule has 132 valence electrons. The van der Waals surface area contributed by atoms with Crippen molar-refractivity contribution in [3.63, 3.8) is 0 Å². The Kier molecular flexibility index (Phi) is 5.88. The molecule has 3 aromatic rings. The minimum atomic E-state index is -0.378. The van der Waals surface area contributed by atoms with Gasteiger partial charge in [0.25, 0.3) is 0 Å². The maximum absolute atomic E-state index is 11.2. The quantitative estimate of drug-likeness (QED) is 0.673. The molecule has 4 nitrogen and oxygen atoms in total. The van der Waals surface area contributed by atoms with Crippen LogP contribution in [0.1, 0.15) is 16.7 Å². The Hall–Kier alpha value is -3.27. The van der Waals surface area contributed by atoms with Crippen LogP contribution >= 0.6 is 0 Å². The van der Waals surface area contributed by atoms with E-state index in [-0.39, 0.29) is 12.3 Å². The molecule has 0 saturated heterocycles. The highest BCUT2D eigenvalue weighted by molar-refractivity contribution is 5.76. The first-order chi connectivity index (χ1) is 12.7. The second kappa shape index (κ2) is 8.72. The molecule has 1 amide bonds. The van der Waals surface area contributed by atoms with E-state index in [1.165, 1.54) is 0 Å². The van der Waals surface area contributed by atoms with E-state index in [0.717, 1.165) is 16.7 Å². The van der Waals surface area contributed by atoms with Gasteiger partial charge in [-0.05, 0) is 28.8 Å². The van der Waals surface area contributed by atoms with E-state index >= 15 is 0 Å². The Balaban J connectivity index is 1.76. The standard InChI is InChI=1S/C22H21NO3/c23-22(24)14-19-11-12-20(25-15-17-7-3-1-4-8-17)21(13-19)26-16-18-9-5-2-6-10-18/h1-13H,14-16H2,(H2,23,24). The number of benzene rings is 3. The summed E-state index contributed by atoms with van der Waals surface area (Å²) in [6.45, 7) is 0.861. The van der Waals surface area contributed by atoms with Crippen LogP contribution in [-0.2, 0) is 24.4 Å². The van der Waals surface area contributed by atoms with Crippen LogP contribution in [0.25, 0.3) is 0 Å². The molecule has 0 bridgehead atoms. The van der Waals surface area contributed by atoms with Crippen molar-refractivity contribution < 1.29 is 14.3 Å². The highest BCUT2D eigenvalue weighted by Gasteiger charge is 2.09. The lowest BCUT2D eigenvalue weighted by atomic mass is 10.1. The fourth-order valence-corrected chi connectivity index (χ4v) is 2.57. The van der Waals surface area contributed by atoms with Crippen molar-refractivity contribution in [1.82, 2.24) is 0 Å². The van der Waals surface area contributed by atoms with Crippen molar-refractivity contribution in [2.24, 2.45) is 5.73 Å². The van der Waals surface area contributed by atoms with E-state index in [2.05, 4.69) is 0 Å². The molecule has 3 aromatic carbocycles. The Bertz CT molecular complexity index is 848. The predicted octanol–water partition coefficient (Wildman–Crippen LogP) is 3.87. The van der Waals surface area contributed by atoms with Gasteiger partial charge in [0, 0.05) is 0 Å². The van der Waals surface area contributed by atoms with E-state index in [1.807, 2.05) is 78.9 Å².